The van der Waals surface area contributed by atoms with Crippen molar-refractivity contribution in [1.29, 1.82) is 0 Å². The lowest BCUT2D eigenvalue weighted by Crippen LogP contribution is -2.17. The van der Waals surface area contributed by atoms with Gasteiger partial charge in [-0.1, -0.05) is 5.16 Å². The lowest BCUT2D eigenvalue weighted by Gasteiger charge is -1.97. The standard InChI is InChI=1S/C7H12N2O/c1-5(8)3-7-4-6(2)9-10-7/h4-5H,3,8H2,1-2H3/t5-/m0/s1. The third-order valence-corrected chi connectivity index (χ3v) is 1.20. The zero-order valence-corrected chi connectivity index (χ0v) is 6.29. The van der Waals surface area contributed by atoms with Gasteiger partial charge in [0.15, 0.2) is 0 Å². The van der Waals surface area contributed by atoms with Crippen molar-refractivity contribution < 1.29 is 4.52 Å². The molecule has 10 heavy (non-hydrogen) atoms. The number of aryl methyl sites for hydroxylation is 1. The van der Waals surface area contributed by atoms with Crippen molar-refractivity contribution in [2.24, 2.45) is 5.73 Å². The van der Waals surface area contributed by atoms with Crippen LogP contribution in [-0.4, -0.2) is 11.2 Å². The highest BCUT2D eigenvalue weighted by Crippen LogP contribution is 2.03. The average molecular weight is 140 g/mol. The van der Waals surface area contributed by atoms with Gasteiger partial charge in [0.2, 0.25) is 0 Å². The fraction of sp³-hybridized carbons (Fsp3) is 0.571. The molecular weight excluding hydrogens is 128 g/mol. The van der Waals surface area contributed by atoms with Gasteiger partial charge in [-0.15, -0.1) is 0 Å². The first kappa shape index (κ1) is 7.28. The average Bonchev–Trinajstić information content (AvgIpc) is 2.13. The maximum absolute atomic E-state index is 5.55. The molecule has 0 aromatic carbocycles. The maximum Gasteiger partial charge on any atom is 0.138 e. The first-order valence-corrected chi connectivity index (χ1v) is 3.36. The molecule has 2 N–H and O–H groups in total. The van der Waals surface area contributed by atoms with Crippen molar-refractivity contribution in [3.05, 3.63) is 17.5 Å². The van der Waals surface area contributed by atoms with E-state index in [4.69, 9.17) is 10.3 Å². The Hall–Kier alpha value is -0.830. The summed E-state index contributed by atoms with van der Waals surface area (Å²) in [5.74, 6) is 0.868. The molecule has 0 aliphatic carbocycles. The minimum atomic E-state index is 0.146. The minimum Gasteiger partial charge on any atom is -0.361 e. The van der Waals surface area contributed by atoms with Gasteiger partial charge in [0.25, 0.3) is 0 Å². The van der Waals surface area contributed by atoms with Gasteiger partial charge in [-0.2, -0.15) is 0 Å². The molecule has 1 rings (SSSR count). The summed E-state index contributed by atoms with van der Waals surface area (Å²) in [6.07, 6.45) is 0.765. The van der Waals surface area contributed by atoms with E-state index in [0.717, 1.165) is 17.9 Å². The van der Waals surface area contributed by atoms with Crippen LogP contribution in [0.2, 0.25) is 0 Å². The normalized spacial score (nSPS) is 13.5. The van der Waals surface area contributed by atoms with Crippen molar-refractivity contribution in [2.75, 3.05) is 0 Å². The highest BCUT2D eigenvalue weighted by Gasteiger charge is 2.02. The second-order valence-corrected chi connectivity index (χ2v) is 2.62. The van der Waals surface area contributed by atoms with Crippen LogP contribution in [0.25, 0.3) is 0 Å². The van der Waals surface area contributed by atoms with E-state index < -0.39 is 0 Å². The summed E-state index contributed by atoms with van der Waals surface area (Å²) in [6.45, 7) is 3.84. The first-order valence-electron chi connectivity index (χ1n) is 3.36. The summed E-state index contributed by atoms with van der Waals surface area (Å²) in [7, 11) is 0. The van der Waals surface area contributed by atoms with E-state index in [2.05, 4.69) is 5.16 Å². The summed E-state index contributed by atoms with van der Waals surface area (Å²) in [5.41, 5.74) is 6.46. The lowest BCUT2D eigenvalue weighted by molar-refractivity contribution is 0.373. The molecular formula is C7H12N2O. The van der Waals surface area contributed by atoms with E-state index in [1.807, 2.05) is 19.9 Å². The number of rotatable bonds is 2. The molecule has 3 nitrogen and oxygen atoms in total. The Morgan fingerprint density at radius 2 is 2.50 bits per heavy atom. The van der Waals surface area contributed by atoms with E-state index in [1.165, 1.54) is 0 Å². The Kier molecular flexibility index (Phi) is 2.06. The molecule has 0 fully saturated rings. The monoisotopic (exact) mass is 140 g/mol. The molecule has 0 aliphatic heterocycles. The number of hydrogen-bond acceptors (Lipinski definition) is 3. The summed E-state index contributed by atoms with van der Waals surface area (Å²) < 4.78 is 4.95. The van der Waals surface area contributed by atoms with Crippen molar-refractivity contribution in [2.45, 2.75) is 26.3 Å². The molecule has 1 aromatic rings. The molecule has 1 aromatic heterocycles. The number of nitrogens with zero attached hydrogens (tertiary/aromatic N) is 1. The van der Waals surface area contributed by atoms with E-state index >= 15 is 0 Å². The van der Waals surface area contributed by atoms with Gasteiger partial charge in [-0.3, -0.25) is 0 Å². The molecule has 0 radical (unpaired) electrons. The van der Waals surface area contributed by atoms with Crippen LogP contribution in [0, 0.1) is 6.92 Å². The summed E-state index contributed by atoms with van der Waals surface area (Å²) in [5, 5.41) is 3.74. The predicted octanol–water partition coefficient (Wildman–Crippen LogP) is 0.873. The van der Waals surface area contributed by atoms with Crippen LogP contribution in [0.3, 0.4) is 0 Å². The second kappa shape index (κ2) is 2.84. The molecule has 56 valence electrons. The second-order valence-electron chi connectivity index (χ2n) is 2.62. The summed E-state index contributed by atoms with van der Waals surface area (Å²) >= 11 is 0. The zero-order chi connectivity index (χ0) is 7.56. The Labute approximate surface area is 60.2 Å². The Balaban J connectivity index is 2.58. The molecule has 0 amide bonds. The van der Waals surface area contributed by atoms with E-state index in [-0.39, 0.29) is 6.04 Å². The van der Waals surface area contributed by atoms with Crippen molar-refractivity contribution in [3.8, 4) is 0 Å². The van der Waals surface area contributed by atoms with Crippen LogP contribution in [0.5, 0.6) is 0 Å². The smallest absolute Gasteiger partial charge is 0.138 e. The Morgan fingerprint density at radius 1 is 1.80 bits per heavy atom. The summed E-state index contributed by atoms with van der Waals surface area (Å²) in [6, 6.07) is 2.05. The van der Waals surface area contributed by atoms with Crippen molar-refractivity contribution >= 4 is 0 Å². The van der Waals surface area contributed by atoms with Gasteiger partial charge in [0.1, 0.15) is 5.76 Å². The maximum atomic E-state index is 5.55. The van der Waals surface area contributed by atoms with Crippen molar-refractivity contribution in [1.82, 2.24) is 5.16 Å². The SMILES string of the molecule is Cc1cc(C[C@H](C)N)on1. The highest BCUT2D eigenvalue weighted by atomic mass is 16.5. The van der Waals surface area contributed by atoms with Gasteiger partial charge < -0.3 is 10.3 Å². The Morgan fingerprint density at radius 3 is 2.90 bits per heavy atom. The largest absolute Gasteiger partial charge is 0.361 e. The first-order chi connectivity index (χ1) is 4.68. The third kappa shape index (κ3) is 1.84. The van der Waals surface area contributed by atoms with Crippen LogP contribution >= 0.6 is 0 Å². The fourth-order valence-electron chi connectivity index (χ4n) is 0.830. The van der Waals surface area contributed by atoms with E-state index in [0.29, 0.717) is 0 Å². The van der Waals surface area contributed by atoms with Gasteiger partial charge in [0, 0.05) is 18.5 Å². The van der Waals surface area contributed by atoms with Gasteiger partial charge in [0.05, 0.1) is 5.69 Å². The topological polar surface area (TPSA) is 52.0 Å². The number of aromatic nitrogens is 1. The van der Waals surface area contributed by atoms with Crippen LogP contribution in [0.4, 0.5) is 0 Å². The predicted molar refractivity (Wildman–Crippen MR) is 38.6 cm³/mol. The zero-order valence-electron chi connectivity index (χ0n) is 6.29. The molecule has 0 bridgehead atoms. The molecule has 0 aliphatic rings. The van der Waals surface area contributed by atoms with Crippen LogP contribution < -0.4 is 5.73 Å². The molecule has 0 saturated carbocycles. The van der Waals surface area contributed by atoms with E-state index in [9.17, 15) is 0 Å². The van der Waals surface area contributed by atoms with E-state index in [1.54, 1.807) is 0 Å². The fourth-order valence-corrected chi connectivity index (χ4v) is 0.830. The molecule has 0 spiro atoms. The van der Waals surface area contributed by atoms with Gasteiger partial charge in [-0.05, 0) is 13.8 Å². The molecule has 0 saturated heterocycles. The molecule has 1 atom stereocenters. The molecule has 3 heteroatoms. The van der Waals surface area contributed by atoms with Crippen LogP contribution in [0.15, 0.2) is 10.6 Å². The van der Waals surface area contributed by atoms with Gasteiger partial charge >= 0.3 is 0 Å². The molecule has 1 heterocycles. The lowest BCUT2D eigenvalue weighted by atomic mass is 10.2. The minimum absolute atomic E-state index is 0.146. The van der Waals surface area contributed by atoms with Crippen LogP contribution in [-0.2, 0) is 6.42 Å². The third-order valence-electron chi connectivity index (χ3n) is 1.20. The molecule has 0 unspecified atom stereocenters. The number of hydrogen-bond donors (Lipinski definition) is 1. The quantitative estimate of drug-likeness (QED) is 0.663. The number of nitrogens with two attached hydrogens (primary N) is 1. The Bertz CT molecular complexity index is 205. The van der Waals surface area contributed by atoms with Crippen molar-refractivity contribution in [3.63, 3.8) is 0 Å². The van der Waals surface area contributed by atoms with Crippen LogP contribution in [0.1, 0.15) is 18.4 Å². The van der Waals surface area contributed by atoms with Gasteiger partial charge in [-0.25, -0.2) is 0 Å². The highest BCUT2D eigenvalue weighted by molar-refractivity contribution is 5.03. The summed E-state index contributed by atoms with van der Waals surface area (Å²) in [4.78, 5) is 0.